The molecular weight excluding hydrogens is 440 g/mol. The molecule has 0 bridgehead atoms. The molecule has 184 valence electrons. The molecule has 0 unspecified atom stereocenters. The Bertz CT molecular complexity index is 1080. The van der Waals surface area contributed by atoms with E-state index in [0.717, 1.165) is 28.2 Å². The van der Waals surface area contributed by atoms with Crippen molar-refractivity contribution in [2.75, 3.05) is 14.2 Å². The summed E-state index contributed by atoms with van der Waals surface area (Å²) in [6.07, 6.45) is 0.421. The van der Waals surface area contributed by atoms with Gasteiger partial charge in [0.1, 0.15) is 17.5 Å². The predicted octanol–water partition coefficient (Wildman–Crippen LogP) is 4.62. The van der Waals surface area contributed by atoms with Crippen molar-refractivity contribution in [2.24, 2.45) is 5.92 Å². The third-order valence-electron chi connectivity index (χ3n) is 5.87. The highest BCUT2D eigenvalue weighted by Gasteiger charge is 2.31. The minimum absolute atomic E-state index is 0.0682. The van der Waals surface area contributed by atoms with Crippen molar-refractivity contribution >= 4 is 11.8 Å². The second kappa shape index (κ2) is 12.6. The molecule has 35 heavy (non-hydrogen) atoms. The maximum atomic E-state index is 13.6. The number of carbonyl (C=O) groups excluding carboxylic acids is 2. The Morgan fingerprint density at radius 3 is 1.83 bits per heavy atom. The lowest BCUT2D eigenvalue weighted by Crippen LogP contribution is -2.51. The zero-order valence-electron chi connectivity index (χ0n) is 20.9. The van der Waals surface area contributed by atoms with Gasteiger partial charge in [-0.25, -0.2) is 0 Å². The van der Waals surface area contributed by atoms with Crippen molar-refractivity contribution in [3.63, 3.8) is 0 Å². The van der Waals surface area contributed by atoms with Crippen molar-refractivity contribution in [3.05, 3.63) is 95.6 Å². The Kier molecular flexibility index (Phi) is 9.30. The average molecular weight is 475 g/mol. The van der Waals surface area contributed by atoms with E-state index in [1.807, 2.05) is 92.7 Å². The fraction of sp³-hybridized carbons (Fsp3) is 0.310. The molecule has 0 saturated heterocycles. The topological polar surface area (TPSA) is 67.9 Å². The van der Waals surface area contributed by atoms with Gasteiger partial charge < -0.3 is 19.7 Å². The standard InChI is InChI=1S/C29H34N2O4/c1-21(2)29(33)31(20-24-12-16-26(35-4)17-13-24)27(18-22-8-6-5-7-9-22)28(32)30-19-23-10-14-25(34-3)15-11-23/h5-17,21,27H,18-20H2,1-4H3,(H,30,32)/t27-/m1/s1. The zero-order chi connectivity index (χ0) is 25.2. The van der Waals surface area contributed by atoms with Crippen LogP contribution in [0.5, 0.6) is 11.5 Å². The molecule has 3 rings (SSSR count). The van der Waals surface area contributed by atoms with Gasteiger partial charge in [0.25, 0.3) is 0 Å². The number of methoxy groups -OCH3 is 2. The lowest BCUT2D eigenvalue weighted by atomic mass is 10.0. The highest BCUT2D eigenvalue weighted by Crippen LogP contribution is 2.19. The Morgan fingerprint density at radius 2 is 1.31 bits per heavy atom. The van der Waals surface area contributed by atoms with E-state index in [2.05, 4.69) is 5.32 Å². The molecule has 0 aliphatic rings. The van der Waals surface area contributed by atoms with Gasteiger partial charge in [-0.05, 0) is 41.0 Å². The number of hydrogen-bond donors (Lipinski definition) is 1. The quantitative estimate of drug-likeness (QED) is 0.441. The molecule has 0 fully saturated rings. The van der Waals surface area contributed by atoms with E-state index < -0.39 is 6.04 Å². The summed E-state index contributed by atoms with van der Waals surface area (Å²) in [5, 5.41) is 3.04. The van der Waals surface area contributed by atoms with E-state index in [0.29, 0.717) is 19.5 Å². The molecular formula is C29H34N2O4. The molecule has 6 heteroatoms. The third kappa shape index (κ3) is 7.34. The zero-order valence-corrected chi connectivity index (χ0v) is 20.9. The normalized spacial score (nSPS) is 11.6. The van der Waals surface area contributed by atoms with Crippen LogP contribution >= 0.6 is 0 Å². The smallest absolute Gasteiger partial charge is 0.243 e. The van der Waals surface area contributed by atoms with Gasteiger partial charge in [-0.1, -0.05) is 68.4 Å². The lowest BCUT2D eigenvalue weighted by Gasteiger charge is -2.33. The van der Waals surface area contributed by atoms with Crippen molar-refractivity contribution < 1.29 is 19.1 Å². The predicted molar refractivity (Wildman–Crippen MR) is 137 cm³/mol. The number of carbonyl (C=O) groups is 2. The molecule has 3 aromatic rings. The highest BCUT2D eigenvalue weighted by molar-refractivity contribution is 5.88. The summed E-state index contributed by atoms with van der Waals surface area (Å²) in [5.74, 6) is 0.998. The summed E-state index contributed by atoms with van der Waals surface area (Å²) in [4.78, 5) is 28.6. The monoisotopic (exact) mass is 474 g/mol. The van der Waals surface area contributed by atoms with Gasteiger partial charge in [0.15, 0.2) is 0 Å². The number of rotatable bonds is 11. The molecule has 1 atom stereocenters. The first-order valence-electron chi connectivity index (χ1n) is 11.8. The number of amides is 2. The SMILES string of the molecule is COc1ccc(CNC(=O)[C@@H](Cc2ccccc2)N(Cc2ccc(OC)cc2)C(=O)C(C)C)cc1. The molecule has 2 amide bonds. The van der Waals surface area contributed by atoms with Crippen LogP contribution in [0.3, 0.4) is 0 Å². The van der Waals surface area contributed by atoms with Crippen LogP contribution < -0.4 is 14.8 Å². The highest BCUT2D eigenvalue weighted by atomic mass is 16.5. The van der Waals surface area contributed by atoms with E-state index in [4.69, 9.17) is 9.47 Å². The van der Waals surface area contributed by atoms with Gasteiger partial charge in [0.05, 0.1) is 14.2 Å². The Balaban J connectivity index is 1.87. The molecule has 0 aromatic heterocycles. The molecule has 0 aliphatic heterocycles. The number of hydrogen-bond acceptors (Lipinski definition) is 4. The first kappa shape index (κ1) is 25.8. The molecule has 3 aromatic carbocycles. The number of ether oxygens (including phenoxy) is 2. The van der Waals surface area contributed by atoms with Crippen LogP contribution in [0.1, 0.15) is 30.5 Å². The van der Waals surface area contributed by atoms with Crippen molar-refractivity contribution in [2.45, 2.75) is 39.4 Å². The van der Waals surface area contributed by atoms with Gasteiger partial charge in [-0.15, -0.1) is 0 Å². The molecule has 0 spiro atoms. The molecule has 0 aliphatic carbocycles. The average Bonchev–Trinajstić information content (AvgIpc) is 2.90. The van der Waals surface area contributed by atoms with Gasteiger partial charge in [0.2, 0.25) is 11.8 Å². The fourth-order valence-corrected chi connectivity index (χ4v) is 3.83. The summed E-state index contributed by atoms with van der Waals surface area (Å²) >= 11 is 0. The van der Waals surface area contributed by atoms with Crippen LogP contribution in [0, 0.1) is 5.92 Å². The van der Waals surface area contributed by atoms with Crippen LogP contribution in [0.4, 0.5) is 0 Å². The molecule has 0 saturated carbocycles. The van der Waals surface area contributed by atoms with Crippen LogP contribution in [0.2, 0.25) is 0 Å². The number of nitrogens with one attached hydrogen (secondary N) is 1. The first-order chi connectivity index (χ1) is 16.9. The van der Waals surface area contributed by atoms with Crippen LogP contribution in [-0.4, -0.2) is 37.0 Å². The summed E-state index contributed by atoms with van der Waals surface area (Å²) in [6, 6.07) is 24.3. The number of nitrogens with zero attached hydrogens (tertiary/aromatic N) is 1. The van der Waals surface area contributed by atoms with E-state index >= 15 is 0 Å². The Labute approximate surface area is 207 Å². The van der Waals surface area contributed by atoms with Gasteiger partial charge in [-0.3, -0.25) is 9.59 Å². The molecule has 1 N–H and O–H groups in total. The summed E-state index contributed by atoms with van der Waals surface area (Å²) < 4.78 is 10.5. The second-order valence-electron chi connectivity index (χ2n) is 8.74. The van der Waals surface area contributed by atoms with E-state index in [1.54, 1.807) is 19.1 Å². The summed E-state index contributed by atoms with van der Waals surface area (Å²) in [5.41, 5.74) is 2.88. The Morgan fingerprint density at radius 1 is 0.771 bits per heavy atom. The van der Waals surface area contributed by atoms with Gasteiger partial charge in [0, 0.05) is 25.4 Å². The maximum Gasteiger partial charge on any atom is 0.243 e. The fourth-order valence-electron chi connectivity index (χ4n) is 3.83. The minimum Gasteiger partial charge on any atom is -0.497 e. The second-order valence-corrected chi connectivity index (χ2v) is 8.74. The Hall–Kier alpha value is -3.80. The van der Waals surface area contributed by atoms with E-state index in [9.17, 15) is 9.59 Å². The van der Waals surface area contributed by atoms with Crippen molar-refractivity contribution in [1.29, 1.82) is 0 Å². The molecule has 6 nitrogen and oxygen atoms in total. The van der Waals surface area contributed by atoms with Gasteiger partial charge >= 0.3 is 0 Å². The van der Waals surface area contributed by atoms with Crippen LogP contribution in [-0.2, 0) is 29.1 Å². The molecule has 0 heterocycles. The number of benzene rings is 3. The minimum atomic E-state index is -0.660. The third-order valence-corrected chi connectivity index (χ3v) is 5.87. The first-order valence-corrected chi connectivity index (χ1v) is 11.8. The summed E-state index contributed by atoms with van der Waals surface area (Å²) in [6.45, 7) is 4.41. The lowest BCUT2D eigenvalue weighted by molar-refractivity contribution is -0.143. The maximum absolute atomic E-state index is 13.6. The van der Waals surface area contributed by atoms with Crippen LogP contribution in [0.15, 0.2) is 78.9 Å². The van der Waals surface area contributed by atoms with Crippen molar-refractivity contribution in [3.8, 4) is 11.5 Å². The van der Waals surface area contributed by atoms with E-state index in [1.165, 1.54) is 0 Å². The molecule has 0 radical (unpaired) electrons. The largest absolute Gasteiger partial charge is 0.497 e. The van der Waals surface area contributed by atoms with Crippen molar-refractivity contribution in [1.82, 2.24) is 10.2 Å². The van der Waals surface area contributed by atoms with Gasteiger partial charge in [-0.2, -0.15) is 0 Å². The van der Waals surface area contributed by atoms with Crippen LogP contribution in [0.25, 0.3) is 0 Å². The summed E-state index contributed by atoms with van der Waals surface area (Å²) in [7, 11) is 3.24. The van der Waals surface area contributed by atoms with E-state index in [-0.39, 0.29) is 17.7 Å².